The second-order valence-electron chi connectivity index (χ2n) is 5.84. The molecule has 1 heterocycles. The van der Waals surface area contributed by atoms with Crippen LogP contribution in [-0.4, -0.2) is 26.6 Å². The SMILES string of the molecule is C[Si](C)(C)Oc1ncc(N)c(O[Si](C)(C)C)n1. The van der Waals surface area contributed by atoms with E-state index in [2.05, 4.69) is 49.3 Å². The van der Waals surface area contributed by atoms with Crippen molar-refractivity contribution in [1.29, 1.82) is 0 Å². The van der Waals surface area contributed by atoms with Gasteiger partial charge in [-0.2, -0.15) is 4.98 Å². The van der Waals surface area contributed by atoms with Crippen LogP contribution in [0, 0.1) is 0 Å². The van der Waals surface area contributed by atoms with Gasteiger partial charge in [0.2, 0.25) is 22.5 Å². The van der Waals surface area contributed by atoms with Crippen molar-refractivity contribution >= 4 is 22.3 Å². The lowest BCUT2D eigenvalue weighted by atomic mass is 10.5. The summed E-state index contributed by atoms with van der Waals surface area (Å²) in [4.78, 5) is 8.30. The maximum atomic E-state index is 5.79. The van der Waals surface area contributed by atoms with Gasteiger partial charge in [0.25, 0.3) is 0 Å². The molecule has 1 rings (SSSR count). The summed E-state index contributed by atoms with van der Waals surface area (Å²) in [5.41, 5.74) is 6.24. The van der Waals surface area contributed by atoms with Crippen molar-refractivity contribution < 1.29 is 8.85 Å². The molecule has 0 fully saturated rings. The molecule has 0 aliphatic rings. The minimum Gasteiger partial charge on any atom is -0.530 e. The van der Waals surface area contributed by atoms with E-state index >= 15 is 0 Å². The first-order valence-electron chi connectivity index (χ1n) is 5.57. The molecule has 0 saturated carbocycles. The summed E-state index contributed by atoms with van der Waals surface area (Å²) in [5, 5.41) is 0. The van der Waals surface area contributed by atoms with Crippen molar-refractivity contribution in [2.75, 3.05) is 5.73 Å². The van der Waals surface area contributed by atoms with Crippen LogP contribution in [0.2, 0.25) is 39.3 Å². The molecule has 96 valence electrons. The maximum Gasteiger partial charge on any atom is 0.305 e. The van der Waals surface area contributed by atoms with Gasteiger partial charge in [-0.15, -0.1) is 0 Å². The van der Waals surface area contributed by atoms with Gasteiger partial charge in [-0.25, -0.2) is 4.98 Å². The van der Waals surface area contributed by atoms with Crippen LogP contribution in [0.1, 0.15) is 0 Å². The maximum absolute atomic E-state index is 5.79. The fraction of sp³-hybridized carbons (Fsp3) is 0.600. The lowest BCUT2D eigenvalue weighted by molar-refractivity contribution is 0.477. The molecule has 0 aliphatic carbocycles. The molecule has 2 N–H and O–H groups in total. The zero-order valence-corrected chi connectivity index (χ0v) is 13.4. The Morgan fingerprint density at radius 3 is 2.00 bits per heavy atom. The third-order valence-corrected chi connectivity index (χ3v) is 3.16. The minimum absolute atomic E-state index is 0.353. The topological polar surface area (TPSA) is 70.3 Å². The van der Waals surface area contributed by atoms with E-state index in [-0.39, 0.29) is 0 Å². The number of rotatable bonds is 4. The van der Waals surface area contributed by atoms with Crippen LogP contribution in [0.3, 0.4) is 0 Å². The quantitative estimate of drug-likeness (QED) is 0.852. The summed E-state index contributed by atoms with van der Waals surface area (Å²) >= 11 is 0. The number of nitrogens with zero attached hydrogens (tertiary/aromatic N) is 2. The Hall–Kier alpha value is -1.09. The molecule has 0 unspecified atom stereocenters. The highest BCUT2D eigenvalue weighted by Crippen LogP contribution is 2.23. The molecule has 5 nitrogen and oxygen atoms in total. The number of hydrogen-bond donors (Lipinski definition) is 1. The van der Waals surface area contributed by atoms with Gasteiger partial charge >= 0.3 is 6.01 Å². The summed E-state index contributed by atoms with van der Waals surface area (Å²) in [6.07, 6.45) is 1.54. The number of hydrogen-bond acceptors (Lipinski definition) is 5. The fourth-order valence-corrected chi connectivity index (χ4v) is 2.44. The molecule has 0 radical (unpaired) electrons. The smallest absolute Gasteiger partial charge is 0.305 e. The first-order chi connectivity index (χ1) is 7.57. The Balaban J connectivity index is 2.95. The van der Waals surface area contributed by atoms with E-state index in [1.54, 1.807) is 0 Å². The van der Waals surface area contributed by atoms with E-state index < -0.39 is 16.6 Å². The summed E-state index contributed by atoms with van der Waals surface area (Å²) in [6.45, 7) is 12.5. The zero-order valence-electron chi connectivity index (χ0n) is 11.4. The average Bonchev–Trinajstić information content (AvgIpc) is 2.05. The molecule has 1 aromatic heterocycles. The molecule has 0 saturated heterocycles. The van der Waals surface area contributed by atoms with Gasteiger partial charge in [0.15, 0.2) is 0 Å². The Labute approximate surface area is 105 Å². The predicted molar refractivity (Wildman–Crippen MR) is 74.4 cm³/mol. The highest BCUT2D eigenvalue weighted by Gasteiger charge is 2.22. The van der Waals surface area contributed by atoms with Crippen LogP contribution >= 0.6 is 0 Å². The number of nitrogens with two attached hydrogens (primary N) is 1. The number of aromatic nitrogens is 2. The molecule has 0 aromatic carbocycles. The second-order valence-corrected chi connectivity index (χ2v) is 14.7. The fourth-order valence-electron chi connectivity index (χ4n) is 1.06. The molecule has 0 atom stereocenters. The standard InChI is InChI=1S/C10H21N3O2Si2/c1-16(2,3)14-9-8(11)7-12-10(13-9)15-17(4,5)6/h7H,11H2,1-6H3. The highest BCUT2D eigenvalue weighted by atomic mass is 28.4. The lowest BCUT2D eigenvalue weighted by Crippen LogP contribution is -2.32. The van der Waals surface area contributed by atoms with Gasteiger partial charge in [-0.05, 0) is 39.3 Å². The largest absolute Gasteiger partial charge is 0.530 e. The van der Waals surface area contributed by atoms with E-state index in [1.807, 2.05) is 0 Å². The summed E-state index contributed by atoms with van der Waals surface area (Å²) in [6, 6.07) is 0.353. The van der Waals surface area contributed by atoms with Gasteiger partial charge in [0, 0.05) is 0 Å². The summed E-state index contributed by atoms with van der Waals surface area (Å²) in [7, 11) is -3.43. The zero-order chi connectivity index (χ0) is 13.3. The Bertz CT molecular complexity index is 400. The van der Waals surface area contributed by atoms with Gasteiger partial charge < -0.3 is 14.6 Å². The predicted octanol–water partition coefficient (Wildman–Crippen LogP) is 2.49. The van der Waals surface area contributed by atoms with Crippen molar-refractivity contribution in [2.45, 2.75) is 39.3 Å². The van der Waals surface area contributed by atoms with E-state index in [0.717, 1.165) is 0 Å². The summed E-state index contributed by atoms with van der Waals surface area (Å²) in [5.74, 6) is 0.437. The van der Waals surface area contributed by atoms with Crippen molar-refractivity contribution in [2.24, 2.45) is 0 Å². The molecule has 7 heteroatoms. The normalized spacial score (nSPS) is 12.4. The van der Waals surface area contributed by atoms with Gasteiger partial charge in [-0.1, -0.05) is 0 Å². The van der Waals surface area contributed by atoms with Crippen LogP contribution < -0.4 is 14.6 Å². The van der Waals surface area contributed by atoms with E-state index in [9.17, 15) is 0 Å². The van der Waals surface area contributed by atoms with Crippen LogP contribution in [0.4, 0.5) is 5.69 Å². The molecule has 0 spiro atoms. The van der Waals surface area contributed by atoms with E-state index in [4.69, 9.17) is 14.6 Å². The second kappa shape index (κ2) is 4.65. The van der Waals surface area contributed by atoms with Crippen LogP contribution in [0.25, 0.3) is 0 Å². The molecule has 0 amide bonds. The Morgan fingerprint density at radius 1 is 1.00 bits per heavy atom. The van der Waals surface area contributed by atoms with Gasteiger partial charge in [0.05, 0.1) is 6.20 Å². The molecule has 0 aliphatic heterocycles. The van der Waals surface area contributed by atoms with Crippen LogP contribution in [-0.2, 0) is 0 Å². The summed E-state index contributed by atoms with van der Waals surface area (Å²) < 4.78 is 11.5. The number of anilines is 1. The van der Waals surface area contributed by atoms with Gasteiger partial charge in [0.1, 0.15) is 5.69 Å². The molecular formula is C10H21N3O2Si2. The molecular weight excluding hydrogens is 250 g/mol. The van der Waals surface area contributed by atoms with E-state index in [1.165, 1.54) is 6.20 Å². The monoisotopic (exact) mass is 271 g/mol. The average molecular weight is 271 g/mol. The lowest BCUT2D eigenvalue weighted by Gasteiger charge is -2.21. The van der Waals surface area contributed by atoms with Crippen molar-refractivity contribution in [3.63, 3.8) is 0 Å². The Morgan fingerprint density at radius 2 is 1.53 bits per heavy atom. The first kappa shape index (κ1) is 14.0. The van der Waals surface area contributed by atoms with Crippen molar-refractivity contribution in [3.05, 3.63) is 6.20 Å². The number of nitrogen functional groups attached to an aromatic ring is 1. The van der Waals surface area contributed by atoms with E-state index in [0.29, 0.717) is 17.6 Å². The minimum atomic E-state index is -1.73. The Kier molecular flexibility index (Phi) is 3.82. The third kappa shape index (κ3) is 5.18. The third-order valence-electron chi connectivity index (χ3n) is 1.56. The van der Waals surface area contributed by atoms with Crippen molar-refractivity contribution in [3.8, 4) is 11.9 Å². The molecule has 0 bridgehead atoms. The van der Waals surface area contributed by atoms with Crippen LogP contribution in [0.5, 0.6) is 11.9 Å². The van der Waals surface area contributed by atoms with Gasteiger partial charge in [-0.3, -0.25) is 0 Å². The highest BCUT2D eigenvalue weighted by molar-refractivity contribution is 6.70. The molecule has 1 aromatic rings. The first-order valence-corrected chi connectivity index (χ1v) is 12.4. The van der Waals surface area contributed by atoms with Crippen molar-refractivity contribution in [1.82, 2.24) is 9.97 Å². The van der Waals surface area contributed by atoms with Crippen LogP contribution in [0.15, 0.2) is 6.20 Å². The molecule has 17 heavy (non-hydrogen) atoms.